The molecule has 1 unspecified atom stereocenters. The Morgan fingerprint density at radius 1 is 0.909 bits per heavy atom. The Bertz CT molecular complexity index is 818. The Morgan fingerprint density at radius 2 is 1.39 bits per heavy atom. The molecule has 0 aromatic heterocycles. The normalized spacial score (nSPS) is 15.7. The quantitative estimate of drug-likeness (QED) is 0.158. The molecule has 1 aromatic carbocycles. The number of halogens is 3. The van der Waals surface area contributed by atoms with Gasteiger partial charge < -0.3 is 0 Å². The average Bonchev–Trinajstić information content (AvgIpc) is 3.06. The maximum absolute atomic E-state index is 12.9. The largest absolute Gasteiger partial charge is 0.271 e. The molecule has 0 saturated heterocycles. The third-order valence-electron chi connectivity index (χ3n) is 5.86. The number of hydrazone groups is 1. The molecule has 1 aliphatic rings. The molecule has 33 heavy (non-hydrogen) atoms. The molecule has 0 radical (unpaired) electrons. The summed E-state index contributed by atoms with van der Waals surface area (Å²) in [6.07, 6.45) is 17.3. The Balaban J connectivity index is 1.74. The monoisotopic (exact) mass is 529 g/mol. The van der Waals surface area contributed by atoms with Gasteiger partial charge in [0, 0.05) is 5.02 Å². The number of hydrogen-bond acceptors (Lipinski definition) is 4. The number of amides is 1. The van der Waals surface area contributed by atoms with Crippen LogP contribution in [0, 0.1) is 10.7 Å². The van der Waals surface area contributed by atoms with Crippen molar-refractivity contribution in [1.82, 2.24) is 0 Å². The molecule has 2 rings (SSSR count). The molecule has 1 aliphatic heterocycles. The van der Waals surface area contributed by atoms with Crippen molar-refractivity contribution < 1.29 is 4.79 Å². The van der Waals surface area contributed by atoms with E-state index in [2.05, 4.69) is 12.0 Å². The third kappa shape index (κ3) is 9.32. The predicted octanol–water partition coefficient (Wildman–Crippen LogP) is 9.41. The first kappa shape index (κ1) is 28.3. The predicted molar refractivity (Wildman–Crippen MR) is 144 cm³/mol. The summed E-state index contributed by atoms with van der Waals surface area (Å²) >= 11 is 19.5. The van der Waals surface area contributed by atoms with Gasteiger partial charge in [-0.25, -0.2) is 0 Å². The van der Waals surface area contributed by atoms with Crippen LogP contribution in [0.5, 0.6) is 0 Å². The van der Waals surface area contributed by atoms with E-state index in [0.717, 1.165) is 24.6 Å². The van der Waals surface area contributed by atoms with Gasteiger partial charge in [0.2, 0.25) is 0 Å². The van der Waals surface area contributed by atoms with Crippen LogP contribution >= 0.6 is 46.6 Å². The van der Waals surface area contributed by atoms with E-state index in [1.54, 1.807) is 0 Å². The summed E-state index contributed by atoms with van der Waals surface area (Å²) in [5.74, 6) is -0.294. The van der Waals surface area contributed by atoms with Crippen molar-refractivity contribution in [2.75, 3.05) is 5.01 Å². The fourth-order valence-electron chi connectivity index (χ4n) is 4.06. The zero-order valence-electron chi connectivity index (χ0n) is 19.4. The third-order valence-corrected chi connectivity index (χ3v) is 7.47. The topological polar surface area (TPSA) is 56.5 Å². The molecule has 0 saturated carbocycles. The Morgan fingerprint density at radius 3 is 1.88 bits per heavy atom. The fourth-order valence-corrected chi connectivity index (χ4v) is 5.64. The fraction of sp³-hybridized carbons (Fsp3) is 0.640. The second-order valence-corrected chi connectivity index (χ2v) is 10.7. The van der Waals surface area contributed by atoms with E-state index in [1.165, 1.54) is 87.8 Å². The van der Waals surface area contributed by atoms with E-state index in [-0.39, 0.29) is 16.0 Å². The van der Waals surface area contributed by atoms with E-state index in [1.807, 2.05) is 5.40 Å². The van der Waals surface area contributed by atoms with E-state index in [4.69, 9.17) is 40.1 Å². The number of thioether (sulfide) groups is 1. The number of nitriles is 1. The minimum absolute atomic E-state index is 0.257. The lowest BCUT2D eigenvalue weighted by molar-refractivity contribution is -0.116. The molecule has 0 N–H and O–H groups in total. The molecule has 0 aliphatic carbocycles. The van der Waals surface area contributed by atoms with Gasteiger partial charge in [0.1, 0.15) is 16.3 Å². The summed E-state index contributed by atoms with van der Waals surface area (Å²) in [5.41, 5.74) is 1.02. The highest BCUT2D eigenvalue weighted by molar-refractivity contribution is 8.05. The van der Waals surface area contributed by atoms with Crippen LogP contribution in [-0.2, 0) is 4.79 Å². The van der Waals surface area contributed by atoms with Gasteiger partial charge in [-0.3, -0.25) is 4.79 Å². The zero-order valence-corrected chi connectivity index (χ0v) is 22.5. The standard InChI is InChI=1S/C25H34Cl3N3OS/c1-2-3-4-5-6-7-8-9-10-11-12-13-14-15-22-24(33-18-29)25(32)31(30-22)23-20(27)16-19(26)17-21(23)28/h16-17,24H,2-15H2,1H3. The smallest absolute Gasteiger partial charge is 0.267 e. The average molecular weight is 531 g/mol. The molecule has 4 nitrogen and oxygen atoms in total. The van der Waals surface area contributed by atoms with Crippen molar-refractivity contribution in [3.63, 3.8) is 0 Å². The highest BCUT2D eigenvalue weighted by Gasteiger charge is 2.38. The van der Waals surface area contributed by atoms with Crippen molar-refractivity contribution >= 4 is 63.9 Å². The molecular formula is C25H34Cl3N3OS. The van der Waals surface area contributed by atoms with E-state index < -0.39 is 5.25 Å². The van der Waals surface area contributed by atoms with E-state index >= 15 is 0 Å². The molecular weight excluding hydrogens is 497 g/mol. The van der Waals surface area contributed by atoms with Crippen molar-refractivity contribution in [3.05, 3.63) is 27.2 Å². The van der Waals surface area contributed by atoms with Gasteiger partial charge in [-0.1, -0.05) is 119 Å². The van der Waals surface area contributed by atoms with Crippen molar-refractivity contribution in [2.45, 2.75) is 102 Å². The number of carbonyl (C=O) groups excluding carboxylic acids is 1. The lowest BCUT2D eigenvalue weighted by atomic mass is 10.0. The highest BCUT2D eigenvalue weighted by atomic mass is 35.5. The molecule has 1 aromatic rings. The van der Waals surface area contributed by atoms with Crippen LogP contribution < -0.4 is 5.01 Å². The lowest BCUT2D eigenvalue weighted by Gasteiger charge is -2.16. The second kappa shape index (κ2) is 15.9. The summed E-state index contributed by atoms with van der Waals surface area (Å²) in [6.45, 7) is 2.26. The lowest BCUT2D eigenvalue weighted by Crippen LogP contribution is -2.29. The van der Waals surface area contributed by atoms with Gasteiger partial charge in [0.05, 0.1) is 15.8 Å². The number of carbonyl (C=O) groups is 1. The molecule has 0 bridgehead atoms. The van der Waals surface area contributed by atoms with Crippen LogP contribution in [0.1, 0.15) is 96.8 Å². The first-order valence-electron chi connectivity index (χ1n) is 12.1. The molecule has 0 spiro atoms. The van der Waals surface area contributed by atoms with Crippen molar-refractivity contribution in [3.8, 4) is 5.40 Å². The van der Waals surface area contributed by atoms with Crippen LogP contribution in [-0.4, -0.2) is 16.9 Å². The molecule has 1 atom stereocenters. The number of benzene rings is 1. The summed E-state index contributed by atoms with van der Waals surface area (Å²) in [7, 11) is 0. The number of hydrogen-bond donors (Lipinski definition) is 0. The van der Waals surface area contributed by atoms with Crippen LogP contribution in [0.25, 0.3) is 0 Å². The van der Waals surface area contributed by atoms with Crippen molar-refractivity contribution in [1.29, 1.82) is 5.26 Å². The first-order valence-corrected chi connectivity index (χ1v) is 14.1. The Kier molecular flexibility index (Phi) is 13.6. The number of rotatable bonds is 16. The van der Waals surface area contributed by atoms with Gasteiger partial charge >= 0.3 is 0 Å². The highest BCUT2D eigenvalue weighted by Crippen LogP contribution is 2.40. The molecule has 182 valence electrons. The van der Waals surface area contributed by atoms with Gasteiger partial charge in [0.15, 0.2) is 0 Å². The van der Waals surface area contributed by atoms with Crippen molar-refractivity contribution in [2.24, 2.45) is 5.10 Å². The maximum atomic E-state index is 12.9. The molecule has 1 heterocycles. The SMILES string of the molecule is CCCCCCCCCCCCCCCC1=NN(c2c(Cl)cc(Cl)cc2Cl)C(=O)C1SC#N. The second-order valence-electron chi connectivity index (χ2n) is 8.54. The maximum Gasteiger partial charge on any atom is 0.267 e. The molecule has 1 amide bonds. The minimum atomic E-state index is -0.616. The Labute approximate surface area is 218 Å². The number of anilines is 1. The number of unbranched alkanes of at least 4 members (excludes halogenated alkanes) is 12. The number of thiocyanates is 1. The summed E-state index contributed by atoms with van der Waals surface area (Å²) in [5, 5.41) is 17.2. The first-order chi connectivity index (χ1) is 16.0. The summed E-state index contributed by atoms with van der Waals surface area (Å²) in [6, 6.07) is 3.06. The molecule has 8 heteroatoms. The molecule has 0 fully saturated rings. The van der Waals surface area contributed by atoms with E-state index in [9.17, 15) is 4.79 Å². The van der Waals surface area contributed by atoms with Crippen LogP contribution in [0.15, 0.2) is 17.2 Å². The minimum Gasteiger partial charge on any atom is -0.271 e. The summed E-state index contributed by atoms with van der Waals surface area (Å²) < 4.78 is 0. The summed E-state index contributed by atoms with van der Waals surface area (Å²) in [4.78, 5) is 12.9. The van der Waals surface area contributed by atoms with Gasteiger partial charge in [-0.15, -0.1) is 0 Å². The van der Waals surface area contributed by atoms with Gasteiger partial charge in [-0.2, -0.15) is 15.4 Å². The van der Waals surface area contributed by atoms with Crippen LogP contribution in [0.4, 0.5) is 5.69 Å². The van der Waals surface area contributed by atoms with Crippen LogP contribution in [0.2, 0.25) is 15.1 Å². The number of nitrogens with zero attached hydrogens (tertiary/aromatic N) is 3. The van der Waals surface area contributed by atoms with Gasteiger partial charge in [-0.05, 0) is 36.7 Å². The van der Waals surface area contributed by atoms with Crippen LogP contribution in [0.3, 0.4) is 0 Å². The Hall–Kier alpha value is -0.930. The zero-order chi connectivity index (χ0) is 24.1. The van der Waals surface area contributed by atoms with E-state index in [0.29, 0.717) is 22.8 Å². The van der Waals surface area contributed by atoms with Gasteiger partial charge in [0.25, 0.3) is 5.91 Å².